The Morgan fingerprint density at radius 3 is 2.62 bits per heavy atom. The summed E-state index contributed by atoms with van der Waals surface area (Å²) in [5.74, 6) is 2.48. The number of rotatable bonds is 3. The van der Waals surface area contributed by atoms with E-state index in [1.807, 2.05) is 18.7 Å². The molecule has 1 atom stereocenters. The topological polar surface area (TPSA) is 41.1 Å². The van der Waals surface area contributed by atoms with Gasteiger partial charge in [0.1, 0.15) is 0 Å². The molecule has 0 saturated carbocycles. The van der Waals surface area contributed by atoms with Gasteiger partial charge in [0, 0.05) is 6.04 Å². The van der Waals surface area contributed by atoms with E-state index in [1.54, 1.807) is 7.05 Å². The van der Waals surface area contributed by atoms with Crippen molar-refractivity contribution in [1.82, 2.24) is 10.6 Å². The third-order valence-corrected chi connectivity index (χ3v) is 3.44. The summed E-state index contributed by atoms with van der Waals surface area (Å²) in [4.78, 5) is 11.5. The van der Waals surface area contributed by atoms with E-state index < -0.39 is 0 Å². The fourth-order valence-corrected chi connectivity index (χ4v) is 2.41. The SMILES string of the molecule is CNC(C)C(=O)NC1CCSCC1. The van der Waals surface area contributed by atoms with Crippen molar-refractivity contribution in [3.63, 3.8) is 0 Å². The average Bonchev–Trinajstić information content (AvgIpc) is 2.18. The molecule has 76 valence electrons. The largest absolute Gasteiger partial charge is 0.352 e. The standard InChI is InChI=1S/C9H18N2OS/c1-7(10-2)9(12)11-8-3-5-13-6-4-8/h7-8,10H,3-6H2,1-2H3,(H,11,12). The van der Waals surface area contributed by atoms with Gasteiger partial charge in [0.25, 0.3) is 0 Å². The number of hydrogen-bond acceptors (Lipinski definition) is 3. The first-order valence-electron chi connectivity index (χ1n) is 4.79. The Labute approximate surface area is 84.0 Å². The molecule has 0 aliphatic carbocycles. The summed E-state index contributed by atoms with van der Waals surface area (Å²) in [5, 5.41) is 5.99. The average molecular weight is 202 g/mol. The van der Waals surface area contributed by atoms with Crippen LogP contribution in [-0.4, -0.2) is 36.5 Å². The highest BCUT2D eigenvalue weighted by atomic mass is 32.2. The number of carbonyl (C=O) groups excluding carboxylic acids is 1. The smallest absolute Gasteiger partial charge is 0.237 e. The van der Waals surface area contributed by atoms with E-state index in [4.69, 9.17) is 0 Å². The lowest BCUT2D eigenvalue weighted by molar-refractivity contribution is -0.123. The molecule has 1 rings (SSSR count). The molecule has 1 heterocycles. The second kappa shape index (κ2) is 5.50. The first-order valence-corrected chi connectivity index (χ1v) is 5.95. The lowest BCUT2D eigenvalue weighted by atomic mass is 10.1. The van der Waals surface area contributed by atoms with Gasteiger partial charge in [-0.2, -0.15) is 11.8 Å². The summed E-state index contributed by atoms with van der Waals surface area (Å²) in [7, 11) is 1.81. The number of thioether (sulfide) groups is 1. The van der Waals surface area contributed by atoms with Gasteiger partial charge in [-0.1, -0.05) is 0 Å². The maximum absolute atomic E-state index is 11.5. The third-order valence-electron chi connectivity index (χ3n) is 2.39. The van der Waals surface area contributed by atoms with Crippen molar-refractivity contribution in [2.45, 2.75) is 31.8 Å². The molecular weight excluding hydrogens is 184 g/mol. The van der Waals surface area contributed by atoms with Crippen molar-refractivity contribution in [2.75, 3.05) is 18.6 Å². The normalized spacial score (nSPS) is 21.1. The van der Waals surface area contributed by atoms with Gasteiger partial charge in [0.2, 0.25) is 5.91 Å². The molecule has 0 radical (unpaired) electrons. The summed E-state index contributed by atoms with van der Waals surface area (Å²) in [6.07, 6.45) is 2.24. The first-order chi connectivity index (χ1) is 6.24. The second-order valence-corrected chi connectivity index (χ2v) is 4.63. The molecule has 13 heavy (non-hydrogen) atoms. The maximum Gasteiger partial charge on any atom is 0.237 e. The summed E-state index contributed by atoms with van der Waals surface area (Å²) in [6, 6.07) is 0.333. The van der Waals surface area contributed by atoms with Crippen LogP contribution in [0.15, 0.2) is 0 Å². The van der Waals surface area contributed by atoms with Gasteiger partial charge in [0.15, 0.2) is 0 Å². The molecule has 3 nitrogen and oxygen atoms in total. The molecule has 0 aromatic carbocycles. The summed E-state index contributed by atoms with van der Waals surface area (Å²) in [5.41, 5.74) is 0. The lowest BCUT2D eigenvalue weighted by Gasteiger charge is -2.24. The minimum atomic E-state index is -0.0745. The van der Waals surface area contributed by atoms with E-state index in [-0.39, 0.29) is 11.9 Å². The number of likely N-dealkylation sites (N-methyl/N-ethyl adjacent to an activating group) is 1. The Hall–Kier alpha value is -0.220. The van der Waals surface area contributed by atoms with Crippen LogP contribution in [0.1, 0.15) is 19.8 Å². The monoisotopic (exact) mass is 202 g/mol. The quantitative estimate of drug-likeness (QED) is 0.704. The molecule has 4 heteroatoms. The highest BCUT2D eigenvalue weighted by Crippen LogP contribution is 2.16. The minimum Gasteiger partial charge on any atom is -0.352 e. The molecule has 1 unspecified atom stereocenters. The van der Waals surface area contributed by atoms with Gasteiger partial charge in [-0.15, -0.1) is 0 Å². The molecule has 1 fully saturated rings. The number of amides is 1. The van der Waals surface area contributed by atoms with Crippen LogP contribution < -0.4 is 10.6 Å². The number of nitrogens with one attached hydrogen (secondary N) is 2. The van der Waals surface area contributed by atoms with Crippen LogP contribution in [0.2, 0.25) is 0 Å². The van der Waals surface area contributed by atoms with E-state index in [9.17, 15) is 4.79 Å². The van der Waals surface area contributed by atoms with Gasteiger partial charge in [0.05, 0.1) is 6.04 Å². The van der Waals surface area contributed by atoms with Crippen LogP contribution in [-0.2, 0) is 4.79 Å². The Morgan fingerprint density at radius 1 is 1.46 bits per heavy atom. The zero-order valence-electron chi connectivity index (χ0n) is 8.30. The lowest BCUT2D eigenvalue weighted by Crippen LogP contribution is -2.46. The molecule has 0 spiro atoms. The molecular formula is C9H18N2OS. The van der Waals surface area contributed by atoms with Gasteiger partial charge in [-0.3, -0.25) is 4.79 Å². The van der Waals surface area contributed by atoms with Crippen LogP contribution in [0.4, 0.5) is 0 Å². The molecule has 1 amide bonds. The van der Waals surface area contributed by atoms with E-state index in [2.05, 4.69) is 10.6 Å². The van der Waals surface area contributed by atoms with Crippen molar-refractivity contribution in [1.29, 1.82) is 0 Å². The van der Waals surface area contributed by atoms with Crippen molar-refractivity contribution >= 4 is 17.7 Å². The van der Waals surface area contributed by atoms with E-state index >= 15 is 0 Å². The third kappa shape index (κ3) is 3.56. The van der Waals surface area contributed by atoms with Gasteiger partial charge < -0.3 is 10.6 Å². The molecule has 2 N–H and O–H groups in total. The minimum absolute atomic E-state index is 0.0745. The number of hydrogen-bond donors (Lipinski definition) is 2. The van der Waals surface area contributed by atoms with E-state index in [0.717, 1.165) is 12.8 Å². The van der Waals surface area contributed by atoms with Gasteiger partial charge >= 0.3 is 0 Å². The molecule has 1 aliphatic heterocycles. The van der Waals surface area contributed by atoms with E-state index in [0.29, 0.717) is 6.04 Å². The molecule has 0 aromatic rings. The van der Waals surface area contributed by atoms with E-state index in [1.165, 1.54) is 11.5 Å². The van der Waals surface area contributed by atoms with Crippen molar-refractivity contribution < 1.29 is 4.79 Å². The highest BCUT2D eigenvalue weighted by molar-refractivity contribution is 7.99. The van der Waals surface area contributed by atoms with Crippen LogP contribution in [0, 0.1) is 0 Å². The molecule has 0 aromatic heterocycles. The fourth-order valence-electron chi connectivity index (χ4n) is 1.30. The summed E-state index contributed by atoms with van der Waals surface area (Å²) >= 11 is 1.97. The predicted molar refractivity (Wildman–Crippen MR) is 57.0 cm³/mol. The maximum atomic E-state index is 11.5. The molecule has 0 bridgehead atoms. The predicted octanol–water partition coefficient (Wildman–Crippen LogP) is 0.606. The van der Waals surface area contributed by atoms with Crippen molar-refractivity contribution in [2.24, 2.45) is 0 Å². The summed E-state index contributed by atoms with van der Waals surface area (Å²) in [6.45, 7) is 1.88. The first kappa shape index (κ1) is 10.9. The van der Waals surface area contributed by atoms with Gasteiger partial charge in [-0.05, 0) is 38.3 Å². The zero-order chi connectivity index (χ0) is 9.68. The molecule has 1 saturated heterocycles. The van der Waals surface area contributed by atoms with Gasteiger partial charge in [-0.25, -0.2) is 0 Å². The van der Waals surface area contributed by atoms with Crippen LogP contribution in [0.5, 0.6) is 0 Å². The second-order valence-electron chi connectivity index (χ2n) is 3.41. The Balaban J connectivity index is 2.26. The van der Waals surface area contributed by atoms with Crippen LogP contribution >= 0.6 is 11.8 Å². The Morgan fingerprint density at radius 2 is 2.08 bits per heavy atom. The zero-order valence-corrected chi connectivity index (χ0v) is 9.12. The van der Waals surface area contributed by atoms with Crippen LogP contribution in [0.3, 0.4) is 0 Å². The highest BCUT2D eigenvalue weighted by Gasteiger charge is 2.18. The number of carbonyl (C=O) groups is 1. The van der Waals surface area contributed by atoms with Crippen LogP contribution in [0.25, 0.3) is 0 Å². The summed E-state index contributed by atoms with van der Waals surface area (Å²) < 4.78 is 0. The molecule has 1 aliphatic rings. The fraction of sp³-hybridized carbons (Fsp3) is 0.889. The Bertz CT molecular complexity index is 169. The van der Waals surface area contributed by atoms with Crippen molar-refractivity contribution in [3.8, 4) is 0 Å². The Kier molecular flexibility index (Phi) is 4.59. The van der Waals surface area contributed by atoms with Crippen molar-refractivity contribution in [3.05, 3.63) is 0 Å².